The number of rotatable bonds is 5. The second-order valence-corrected chi connectivity index (χ2v) is 5.98. The summed E-state index contributed by atoms with van der Waals surface area (Å²) >= 11 is 0. The van der Waals surface area contributed by atoms with E-state index in [-0.39, 0.29) is 0 Å². The van der Waals surface area contributed by atoms with E-state index in [2.05, 4.69) is 15.4 Å². The molecule has 0 saturated heterocycles. The van der Waals surface area contributed by atoms with Crippen LogP contribution in [-0.2, 0) is 6.54 Å². The average Bonchev–Trinajstić information content (AvgIpc) is 3.13. The first-order chi connectivity index (χ1) is 12.8. The van der Waals surface area contributed by atoms with Gasteiger partial charge in [0.05, 0.1) is 6.54 Å². The normalized spacial score (nSPS) is 10.7. The van der Waals surface area contributed by atoms with Gasteiger partial charge in [-0.15, -0.1) is 10.2 Å². The van der Waals surface area contributed by atoms with Gasteiger partial charge in [-0.05, 0) is 35.9 Å². The van der Waals surface area contributed by atoms with E-state index in [1.165, 1.54) is 0 Å². The standard InChI is InChI=1S/C21H18N4O/c1-16-9-5-7-13-19(16)21-22-24-25(23-21)15-17-10-6-8-14-20(17)26-18-11-3-2-4-12-18/h2-14H,15H2,1H3. The lowest BCUT2D eigenvalue weighted by atomic mass is 10.1. The van der Waals surface area contributed by atoms with Crippen LogP contribution < -0.4 is 4.74 Å². The first kappa shape index (κ1) is 16.0. The SMILES string of the molecule is Cc1ccccc1-c1nnn(Cc2ccccc2Oc2ccccc2)n1. The summed E-state index contributed by atoms with van der Waals surface area (Å²) in [6, 6.07) is 25.6. The number of nitrogens with zero attached hydrogens (tertiary/aromatic N) is 4. The smallest absolute Gasteiger partial charge is 0.205 e. The number of aromatic nitrogens is 4. The van der Waals surface area contributed by atoms with Crippen molar-refractivity contribution in [2.45, 2.75) is 13.5 Å². The van der Waals surface area contributed by atoms with E-state index in [4.69, 9.17) is 4.74 Å². The summed E-state index contributed by atoms with van der Waals surface area (Å²) in [7, 11) is 0. The number of benzene rings is 3. The monoisotopic (exact) mass is 342 g/mol. The lowest BCUT2D eigenvalue weighted by Gasteiger charge is -2.10. The maximum absolute atomic E-state index is 6.00. The van der Waals surface area contributed by atoms with Crippen molar-refractivity contribution in [2.24, 2.45) is 0 Å². The third kappa shape index (κ3) is 3.47. The van der Waals surface area contributed by atoms with Crippen LogP contribution in [0.15, 0.2) is 78.9 Å². The van der Waals surface area contributed by atoms with Crippen LogP contribution >= 0.6 is 0 Å². The van der Waals surface area contributed by atoms with Crippen molar-refractivity contribution >= 4 is 0 Å². The van der Waals surface area contributed by atoms with Gasteiger partial charge in [0, 0.05) is 11.1 Å². The third-order valence-electron chi connectivity index (χ3n) is 4.09. The number of para-hydroxylation sites is 2. The van der Waals surface area contributed by atoms with Crippen molar-refractivity contribution in [3.8, 4) is 22.9 Å². The van der Waals surface area contributed by atoms with E-state index in [0.717, 1.165) is 28.2 Å². The van der Waals surface area contributed by atoms with Gasteiger partial charge in [0.25, 0.3) is 0 Å². The van der Waals surface area contributed by atoms with Crippen LogP contribution in [0.25, 0.3) is 11.4 Å². The van der Waals surface area contributed by atoms with Crippen LogP contribution in [0.1, 0.15) is 11.1 Å². The highest BCUT2D eigenvalue weighted by molar-refractivity contribution is 5.58. The molecule has 1 heterocycles. The average molecular weight is 342 g/mol. The van der Waals surface area contributed by atoms with Crippen molar-refractivity contribution in [3.05, 3.63) is 90.0 Å². The number of tetrazole rings is 1. The zero-order valence-corrected chi connectivity index (χ0v) is 14.4. The molecule has 0 saturated carbocycles. The van der Waals surface area contributed by atoms with Gasteiger partial charge in [0.15, 0.2) is 0 Å². The molecule has 0 fully saturated rings. The molecule has 0 radical (unpaired) electrons. The van der Waals surface area contributed by atoms with Crippen LogP contribution in [0, 0.1) is 6.92 Å². The van der Waals surface area contributed by atoms with E-state index in [9.17, 15) is 0 Å². The molecule has 5 heteroatoms. The topological polar surface area (TPSA) is 52.8 Å². The number of hydrogen-bond donors (Lipinski definition) is 0. The number of ether oxygens (including phenoxy) is 1. The second-order valence-electron chi connectivity index (χ2n) is 5.98. The Morgan fingerprint density at radius 3 is 2.42 bits per heavy atom. The van der Waals surface area contributed by atoms with Crippen molar-refractivity contribution in [3.63, 3.8) is 0 Å². The van der Waals surface area contributed by atoms with Crippen LogP contribution in [-0.4, -0.2) is 20.2 Å². The fraction of sp³-hybridized carbons (Fsp3) is 0.0952. The van der Waals surface area contributed by atoms with Crippen LogP contribution in [0.3, 0.4) is 0 Å². The van der Waals surface area contributed by atoms with Crippen molar-refractivity contribution in [1.29, 1.82) is 0 Å². The maximum atomic E-state index is 6.00. The lowest BCUT2D eigenvalue weighted by molar-refractivity contribution is 0.466. The molecule has 1 aromatic heterocycles. The van der Waals surface area contributed by atoms with Crippen molar-refractivity contribution < 1.29 is 4.74 Å². The molecular formula is C21H18N4O. The molecule has 3 aromatic carbocycles. The van der Waals surface area contributed by atoms with Gasteiger partial charge in [-0.25, -0.2) is 0 Å². The highest BCUT2D eigenvalue weighted by Gasteiger charge is 2.11. The Morgan fingerprint density at radius 2 is 1.58 bits per heavy atom. The Labute approximate surface area is 151 Å². The van der Waals surface area contributed by atoms with E-state index < -0.39 is 0 Å². The molecule has 0 atom stereocenters. The first-order valence-electron chi connectivity index (χ1n) is 8.44. The van der Waals surface area contributed by atoms with Crippen molar-refractivity contribution in [2.75, 3.05) is 0 Å². The Hall–Kier alpha value is -3.47. The van der Waals surface area contributed by atoms with E-state index in [1.54, 1.807) is 4.80 Å². The highest BCUT2D eigenvalue weighted by Crippen LogP contribution is 2.25. The zero-order valence-electron chi connectivity index (χ0n) is 14.4. The minimum absolute atomic E-state index is 0.488. The molecule has 5 nitrogen and oxygen atoms in total. The summed E-state index contributed by atoms with van der Waals surface area (Å²) in [4.78, 5) is 1.59. The molecule has 0 bridgehead atoms. The van der Waals surface area contributed by atoms with Gasteiger partial charge in [0.2, 0.25) is 5.82 Å². The van der Waals surface area contributed by atoms with E-state index in [0.29, 0.717) is 12.4 Å². The van der Waals surface area contributed by atoms with Crippen LogP contribution in [0.4, 0.5) is 0 Å². The molecule has 128 valence electrons. The van der Waals surface area contributed by atoms with E-state index >= 15 is 0 Å². The summed E-state index contributed by atoms with van der Waals surface area (Å²) in [5.74, 6) is 2.21. The summed E-state index contributed by atoms with van der Waals surface area (Å²) in [5.41, 5.74) is 3.11. The highest BCUT2D eigenvalue weighted by atomic mass is 16.5. The molecule has 0 aliphatic rings. The van der Waals surface area contributed by atoms with E-state index in [1.807, 2.05) is 85.8 Å². The maximum Gasteiger partial charge on any atom is 0.205 e. The molecule has 0 unspecified atom stereocenters. The molecule has 4 rings (SSSR count). The molecule has 26 heavy (non-hydrogen) atoms. The Balaban J connectivity index is 1.58. The number of aryl methyl sites for hydroxylation is 1. The summed E-state index contributed by atoms with van der Waals surface area (Å²) in [6.45, 7) is 2.53. The Kier molecular flexibility index (Phi) is 4.43. The summed E-state index contributed by atoms with van der Waals surface area (Å²) < 4.78 is 6.00. The van der Waals surface area contributed by atoms with Gasteiger partial charge in [0.1, 0.15) is 11.5 Å². The van der Waals surface area contributed by atoms with Gasteiger partial charge >= 0.3 is 0 Å². The van der Waals surface area contributed by atoms with Gasteiger partial charge in [-0.3, -0.25) is 0 Å². The Morgan fingerprint density at radius 1 is 0.846 bits per heavy atom. The summed E-state index contributed by atoms with van der Waals surface area (Å²) in [6.07, 6.45) is 0. The van der Waals surface area contributed by atoms with Gasteiger partial charge < -0.3 is 4.74 Å². The molecule has 0 amide bonds. The zero-order chi connectivity index (χ0) is 17.8. The molecule has 0 aliphatic heterocycles. The van der Waals surface area contributed by atoms with Gasteiger partial charge in [-0.2, -0.15) is 4.80 Å². The first-order valence-corrected chi connectivity index (χ1v) is 8.44. The Bertz CT molecular complexity index is 1010. The molecule has 0 aliphatic carbocycles. The number of hydrogen-bond acceptors (Lipinski definition) is 4. The third-order valence-corrected chi connectivity index (χ3v) is 4.09. The predicted molar refractivity (Wildman–Crippen MR) is 100 cm³/mol. The van der Waals surface area contributed by atoms with Crippen LogP contribution in [0.2, 0.25) is 0 Å². The molecule has 0 spiro atoms. The fourth-order valence-corrected chi connectivity index (χ4v) is 2.74. The molecule has 0 N–H and O–H groups in total. The minimum Gasteiger partial charge on any atom is -0.457 e. The predicted octanol–water partition coefficient (Wildman–Crippen LogP) is 4.49. The minimum atomic E-state index is 0.488. The van der Waals surface area contributed by atoms with Gasteiger partial charge in [-0.1, -0.05) is 60.7 Å². The molecular weight excluding hydrogens is 324 g/mol. The molecule has 4 aromatic rings. The fourth-order valence-electron chi connectivity index (χ4n) is 2.74. The quantitative estimate of drug-likeness (QED) is 0.536. The van der Waals surface area contributed by atoms with Crippen LogP contribution in [0.5, 0.6) is 11.5 Å². The van der Waals surface area contributed by atoms with Crippen molar-refractivity contribution in [1.82, 2.24) is 20.2 Å². The second kappa shape index (κ2) is 7.19. The summed E-state index contributed by atoms with van der Waals surface area (Å²) in [5, 5.41) is 12.9. The largest absolute Gasteiger partial charge is 0.457 e. The lowest BCUT2D eigenvalue weighted by Crippen LogP contribution is -2.05.